The van der Waals surface area contributed by atoms with Crippen LogP contribution < -0.4 is 9.80 Å². The highest BCUT2D eigenvalue weighted by atomic mass is 16.2. The minimum Gasteiger partial charge on any atom is -0.326 e. The first-order chi connectivity index (χ1) is 13.3. The summed E-state index contributed by atoms with van der Waals surface area (Å²) in [6.45, 7) is 1.64. The zero-order valence-corrected chi connectivity index (χ0v) is 15.1. The Morgan fingerprint density at radius 2 is 1.52 bits per heavy atom. The molecule has 0 bridgehead atoms. The maximum Gasteiger partial charge on any atom is 0.276 e. The molecule has 1 amide bonds. The largest absolute Gasteiger partial charge is 0.326 e. The number of carbonyl (C=O) groups excluding carboxylic acids is 1. The fourth-order valence-electron chi connectivity index (χ4n) is 4.15. The number of benzene rings is 2. The van der Waals surface area contributed by atoms with E-state index in [1.807, 2.05) is 41.3 Å². The van der Waals surface area contributed by atoms with Gasteiger partial charge in [0.15, 0.2) is 0 Å². The maximum absolute atomic E-state index is 13.2. The zero-order chi connectivity index (χ0) is 18.2. The molecule has 0 unspecified atom stereocenters. The van der Waals surface area contributed by atoms with Crippen molar-refractivity contribution in [1.29, 1.82) is 0 Å². The van der Waals surface area contributed by atoms with Gasteiger partial charge in [0.05, 0.1) is 0 Å². The van der Waals surface area contributed by atoms with Crippen LogP contribution in [0, 0.1) is 0 Å². The van der Waals surface area contributed by atoms with Gasteiger partial charge < -0.3 is 9.80 Å². The molecule has 0 spiro atoms. The van der Waals surface area contributed by atoms with E-state index in [2.05, 4.69) is 35.2 Å². The minimum atomic E-state index is -0.0171. The fraction of sp³-hybridized carbons (Fsp3) is 0.217. The van der Waals surface area contributed by atoms with Gasteiger partial charge in [0, 0.05) is 24.5 Å². The first kappa shape index (κ1) is 16.1. The molecule has 0 atom stereocenters. The number of hydrogen-bond acceptors (Lipinski definition) is 3. The van der Waals surface area contributed by atoms with Gasteiger partial charge in [-0.3, -0.25) is 4.79 Å². The Hall–Kier alpha value is -3.14. The van der Waals surface area contributed by atoms with Gasteiger partial charge in [-0.05, 0) is 54.7 Å². The van der Waals surface area contributed by atoms with Gasteiger partial charge in [-0.1, -0.05) is 42.5 Å². The van der Waals surface area contributed by atoms with Crippen molar-refractivity contribution < 1.29 is 4.79 Å². The highest BCUT2D eigenvalue weighted by molar-refractivity contribution is 6.05. The van der Waals surface area contributed by atoms with Gasteiger partial charge in [-0.25, -0.2) is 4.98 Å². The zero-order valence-electron chi connectivity index (χ0n) is 15.1. The highest BCUT2D eigenvalue weighted by Crippen LogP contribution is 2.33. The third-order valence-corrected chi connectivity index (χ3v) is 5.47. The number of amides is 1. The summed E-state index contributed by atoms with van der Waals surface area (Å²) in [5, 5.41) is 0. The molecule has 5 rings (SSSR count). The number of hydrogen-bond donors (Lipinski definition) is 0. The maximum atomic E-state index is 13.2. The van der Waals surface area contributed by atoms with E-state index in [4.69, 9.17) is 4.98 Å². The average Bonchev–Trinajstić information content (AvgIpc) is 3.17. The molecule has 134 valence electrons. The molecule has 2 aliphatic heterocycles. The molecule has 27 heavy (non-hydrogen) atoms. The molecule has 4 heteroatoms. The lowest BCUT2D eigenvalue weighted by molar-refractivity contribution is 0.0980. The van der Waals surface area contributed by atoms with Crippen LogP contribution in [0.15, 0.2) is 66.7 Å². The van der Waals surface area contributed by atoms with Gasteiger partial charge in [-0.15, -0.1) is 0 Å². The van der Waals surface area contributed by atoms with Gasteiger partial charge in [0.25, 0.3) is 5.91 Å². The predicted octanol–water partition coefficient (Wildman–Crippen LogP) is 4.37. The molecule has 0 radical (unpaired) electrons. The number of nitrogens with zero attached hydrogens (tertiary/aromatic N) is 3. The first-order valence-corrected chi connectivity index (χ1v) is 9.53. The Balaban J connectivity index is 1.48. The SMILES string of the molecule is O=C(c1cccc(N2CCc3ccccc32)n1)N1CCCc2ccccc21. The van der Waals surface area contributed by atoms with E-state index < -0.39 is 0 Å². The van der Waals surface area contributed by atoms with Crippen molar-refractivity contribution in [3.63, 3.8) is 0 Å². The van der Waals surface area contributed by atoms with Crippen LogP contribution in [0.3, 0.4) is 0 Å². The molecule has 4 nitrogen and oxygen atoms in total. The number of anilines is 3. The van der Waals surface area contributed by atoms with E-state index in [1.165, 1.54) is 16.8 Å². The standard InChI is InChI=1S/C23H21N3O/c27-23(26-15-6-9-17-7-1-4-12-21(17)26)19-10-5-13-22(24-19)25-16-14-18-8-2-3-11-20(18)25/h1-5,7-8,10-13H,6,9,14-16H2. The monoisotopic (exact) mass is 355 g/mol. The second-order valence-electron chi connectivity index (χ2n) is 7.10. The smallest absolute Gasteiger partial charge is 0.276 e. The van der Waals surface area contributed by atoms with Crippen molar-refractivity contribution in [2.45, 2.75) is 19.3 Å². The third kappa shape index (κ3) is 2.78. The van der Waals surface area contributed by atoms with Crippen LogP contribution in [-0.4, -0.2) is 24.0 Å². The molecule has 3 aromatic rings. The number of aromatic nitrogens is 1. The Bertz CT molecular complexity index is 1010. The number of rotatable bonds is 2. The van der Waals surface area contributed by atoms with Crippen LogP contribution in [0.5, 0.6) is 0 Å². The molecule has 0 saturated carbocycles. The Morgan fingerprint density at radius 3 is 2.37 bits per heavy atom. The molecule has 0 saturated heterocycles. The van der Waals surface area contributed by atoms with Crippen molar-refractivity contribution in [2.75, 3.05) is 22.9 Å². The molecule has 0 N–H and O–H groups in total. The van der Waals surface area contributed by atoms with Crippen molar-refractivity contribution >= 4 is 23.1 Å². The van der Waals surface area contributed by atoms with E-state index in [9.17, 15) is 4.79 Å². The van der Waals surface area contributed by atoms with Crippen LogP contribution >= 0.6 is 0 Å². The van der Waals surface area contributed by atoms with E-state index in [1.54, 1.807) is 0 Å². The average molecular weight is 355 g/mol. The summed E-state index contributed by atoms with van der Waals surface area (Å²) in [4.78, 5) is 22.0. The molecule has 2 aromatic carbocycles. The van der Waals surface area contributed by atoms with Gasteiger partial charge in [-0.2, -0.15) is 0 Å². The number of para-hydroxylation sites is 2. The Labute approximate surface area is 159 Å². The van der Waals surface area contributed by atoms with Crippen molar-refractivity contribution in [3.05, 3.63) is 83.6 Å². The Kier molecular flexibility index (Phi) is 3.89. The van der Waals surface area contributed by atoms with Crippen LogP contribution in [0.25, 0.3) is 0 Å². The summed E-state index contributed by atoms with van der Waals surface area (Å²) in [7, 11) is 0. The van der Waals surface area contributed by atoms with E-state index in [0.717, 1.165) is 43.9 Å². The molecule has 0 aliphatic carbocycles. The normalized spacial score (nSPS) is 15.4. The highest BCUT2D eigenvalue weighted by Gasteiger charge is 2.26. The molecule has 0 fully saturated rings. The van der Waals surface area contributed by atoms with E-state index in [-0.39, 0.29) is 5.91 Å². The lowest BCUT2D eigenvalue weighted by Gasteiger charge is -2.29. The lowest BCUT2D eigenvalue weighted by atomic mass is 10.0. The predicted molar refractivity (Wildman–Crippen MR) is 108 cm³/mol. The Morgan fingerprint density at radius 1 is 0.778 bits per heavy atom. The van der Waals surface area contributed by atoms with Gasteiger partial charge in [0.1, 0.15) is 11.5 Å². The quantitative estimate of drug-likeness (QED) is 0.685. The summed E-state index contributed by atoms with van der Waals surface area (Å²) in [6, 6.07) is 22.3. The van der Waals surface area contributed by atoms with Crippen molar-refractivity contribution in [3.8, 4) is 0 Å². The molecular formula is C23H21N3O. The van der Waals surface area contributed by atoms with Crippen molar-refractivity contribution in [1.82, 2.24) is 4.98 Å². The van der Waals surface area contributed by atoms with Gasteiger partial charge >= 0.3 is 0 Å². The second kappa shape index (κ2) is 6.54. The van der Waals surface area contributed by atoms with Crippen LogP contribution in [0.1, 0.15) is 28.0 Å². The van der Waals surface area contributed by atoms with Crippen LogP contribution in [-0.2, 0) is 12.8 Å². The summed E-state index contributed by atoms with van der Waals surface area (Å²) >= 11 is 0. The second-order valence-corrected chi connectivity index (χ2v) is 7.10. The van der Waals surface area contributed by atoms with Gasteiger partial charge in [0.2, 0.25) is 0 Å². The molecule has 3 heterocycles. The first-order valence-electron chi connectivity index (χ1n) is 9.53. The molecule has 1 aromatic heterocycles. The summed E-state index contributed by atoms with van der Waals surface area (Å²) in [5.74, 6) is 0.826. The number of pyridine rings is 1. The van der Waals surface area contributed by atoms with Crippen molar-refractivity contribution in [2.24, 2.45) is 0 Å². The van der Waals surface area contributed by atoms with E-state index >= 15 is 0 Å². The molecular weight excluding hydrogens is 334 g/mol. The van der Waals surface area contributed by atoms with Crippen LogP contribution in [0.2, 0.25) is 0 Å². The number of aryl methyl sites for hydroxylation is 1. The topological polar surface area (TPSA) is 36.4 Å². The lowest BCUT2D eigenvalue weighted by Crippen LogP contribution is -2.36. The summed E-state index contributed by atoms with van der Waals surface area (Å²) in [5.41, 5.74) is 5.29. The molecule has 2 aliphatic rings. The third-order valence-electron chi connectivity index (χ3n) is 5.47. The fourth-order valence-corrected chi connectivity index (χ4v) is 4.15. The van der Waals surface area contributed by atoms with Crippen LogP contribution in [0.4, 0.5) is 17.2 Å². The summed E-state index contributed by atoms with van der Waals surface area (Å²) < 4.78 is 0. The number of fused-ring (bicyclic) bond motifs is 2. The summed E-state index contributed by atoms with van der Waals surface area (Å²) in [6.07, 6.45) is 3.02. The number of carbonyl (C=O) groups is 1. The van der Waals surface area contributed by atoms with E-state index in [0.29, 0.717) is 5.69 Å². The minimum absolute atomic E-state index is 0.0171.